The van der Waals surface area contributed by atoms with Crippen LogP contribution in [-0.2, 0) is 4.79 Å². The van der Waals surface area contributed by atoms with Gasteiger partial charge in [-0.15, -0.1) is 0 Å². The molecule has 1 aliphatic rings. The van der Waals surface area contributed by atoms with Gasteiger partial charge in [-0.25, -0.2) is 0 Å². The molecule has 1 saturated heterocycles. The largest absolute Gasteiger partial charge is 0.481 e. The molecule has 0 aliphatic carbocycles. The summed E-state index contributed by atoms with van der Waals surface area (Å²) in [7, 11) is 0. The molecule has 1 aliphatic heterocycles. The number of alkyl halides is 3. The fourth-order valence-electron chi connectivity index (χ4n) is 2.22. The molecule has 1 rings (SSSR count). The Morgan fingerprint density at radius 3 is 2.18 bits per heavy atom. The highest BCUT2D eigenvalue weighted by molar-refractivity contribution is 5.76. The minimum absolute atomic E-state index is 0.139. The first-order valence-electron chi connectivity index (χ1n) is 5.50. The van der Waals surface area contributed by atoms with E-state index in [-0.39, 0.29) is 18.4 Å². The van der Waals surface area contributed by atoms with E-state index >= 15 is 0 Å². The first-order valence-corrected chi connectivity index (χ1v) is 5.50. The maximum absolute atomic E-state index is 12.9. The molecule has 6 heteroatoms. The van der Waals surface area contributed by atoms with Gasteiger partial charge in [-0.05, 0) is 18.4 Å². The SMILES string of the molecule is CC(C)(C)CN1CCC(C(=O)O)(C(F)(F)F)C1. The third-order valence-corrected chi connectivity index (χ3v) is 3.00. The first-order chi connectivity index (χ1) is 7.48. The lowest BCUT2D eigenvalue weighted by molar-refractivity contribution is -0.227. The lowest BCUT2D eigenvalue weighted by atomic mass is 9.86. The number of carboxylic acids is 1. The van der Waals surface area contributed by atoms with Gasteiger partial charge in [0.05, 0.1) is 0 Å². The molecule has 100 valence electrons. The third kappa shape index (κ3) is 2.91. The van der Waals surface area contributed by atoms with Crippen molar-refractivity contribution in [2.45, 2.75) is 33.4 Å². The third-order valence-electron chi connectivity index (χ3n) is 3.00. The van der Waals surface area contributed by atoms with Crippen molar-refractivity contribution in [2.24, 2.45) is 10.8 Å². The zero-order valence-corrected chi connectivity index (χ0v) is 10.3. The zero-order valence-electron chi connectivity index (χ0n) is 10.3. The van der Waals surface area contributed by atoms with Crippen LogP contribution >= 0.6 is 0 Å². The van der Waals surface area contributed by atoms with E-state index in [0.29, 0.717) is 6.54 Å². The Kier molecular flexibility index (Phi) is 3.49. The number of carboxylic acid groups (broad SMARTS) is 1. The number of rotatable bonds is 2. The van der Waals surface area contributed by atoms with Gasteiger partial charge in [0.25, 0.3) is 0 Å². The summed E-state index contributed by atoms with van der Waals surface area (Å²) in [6, 6.07) is 0. The Labute approximate surface area is 98.6 Å². The van der Waals surface area contributed by atoms with Gasteiger partial charge in [-0.3, -0.25) is 4.79 Å². The number of hydrogen-bond donors (Lipinski definition) is 1. The molecule has 0 radical (unpaired) electrons. The van der Waals surface area contributed by atoms with Crippen molar-refractivity contribution in [1.29, 1.82) is 0 Å². The van der Waals surface area contributed by atoms with Crippen LogP contribution < -0.4 is 0 Å². The summed E-state index contributed by atoms with van der Waals surface area (Å²) in [5.41, 5.74) is -2.72. The number of carbonyl (C=O) groups is 1. The minimum Gasteiger partial charge on any atom is -0.481 e. The smallest absolute Gasteiger partial charge is 0.406 e. The van der Waals surface area contributed by atoms with Crippen LogP contribution in [0.15, 0.2) is 0 Å². The van der Waals surface area contributed by atoms with Crippen molar-refractivity contribution in [3.8, 4) is 0 Å². The molecule has 1 N–H and O–H groups in total. The van der Waals surface area contributed by atoms with Crippen LogP contribution in [0.5, 0.6) is 0 Å². The maximum atomic E-state index is 12.9. The van der Waals surface area contributed by atoms with Crippen molar-refractivity contribution >= 4 is 5.97 Å². The molecule has 0 bridgehead atoms. The van der Waals surface area contributed by atoms with Crippen LogP contribution in [0.3, 0.4) is 0 Å². The summed E-state index contributed by atoms with van der Waals surface area (Å²) >= 11 is 0. The fraction of sp³-hybridized carbons (Fsp3) is 0.909. The molecule has 0 amide bonds. The molecule has 1 fully saturated rings. The number of nitrogens with zero attached hydrogens (tertiary/aromatic N) is 1. The highest BCUT2D eigenvalue weighted by Crippen LogP contribution is 2.46. The Bertz CT molecular complexity index is 309. The fourth-order valence-corrected chi connectivity index (χ4v) is 2.22. The number of hydrogen-bond acceptors (Lipinski definition) is 2. The van der Waals surface area contributed by atoms with E-state index in [0.717, 1.165) is 0 Å². The Hall–Kier alpha value is -0.780. The van der Waals surface area contributed by atoms with E-state index in [1.807, 2.05) is 20.8 Å². The Morgan fingerprint density at radius 2 is 1.88 bits per heavy atom. The maximum Gasteiger partial charge on any atom is 0.406 e. The highest BCUT2D eigenvalue weighted by atomic mass is 19.4. The summed E-state index contributed by atoms with van der Waals surface area (Å²) in [5, 5.41) is 8.87. The van der Waals surface area contributed by atoms with E-state index in [9.17, 15) is 18.0 Å². The van der Waals surface area contributed by atoms with Crippen molar-refractivity contribution in [1.82, 2.24) is 4.90 Å². The minimum atomic E-state index is -4.69. The van der Waals surface area contributed by atoms with Gasteiger partial charge in [0.15, 0.2) is 5.41 Å². The predicted octanol–water partition coefficient (Wildman–Crippen LogP) is 2.37. The van der Waals surface area contributed by atoms with Gasteiger partial charge in [0, 0.05) is 13.1 Å². The quantitative estimate of drug-likeness (QED) is 0.821. The summed E-state index contributed by atoms with van der Waals surface area (Å²) < 4.78 is 38.6. The monoisotopic (exact) mass is 253 g/mol. The van der Waals surface area contributed by atoms with Crippen LogP contribution in [0.2, 0.25) is 0 Å². The van der Waals surface area contributed by atoms with Gasteiger partial charge >= 0.3 is 12.1 Å². The van der Waals surface area contributed by atoms with Gasteiger partial charge in [-0.1, -0.05) is 20.8 Å². The van der Waals surface area contributed by atoms with Crippen LogP contribution in [0, 0.1) is 10.8 Å². The van der Waals surface area contributed by atoms with Crippen molar-refractivity contribution in [3.63, 3.8) is 0 Å². The average Bonchev–Trinajstić information content (AvgIpc) is 2.44. The molecule has 1 heterocycles. The lowest BCUT2D eigenvalue weighted by Crippen LogP contribution is -2.47. The summed E-state index contributed by atoms with van der Waals surface area (Å²) in [4.78, 5) is 12.5. The van der Waals surface area contributed by atoms with E-state index in [4.69, 9.17) is 5.11 Å². The number of aliphatic carboxylic acids is 1. The molecule has 0 aromatic rings. The lowest BCUT2D eigenvalue weighted by Gasteiger charge is -2.30. The van der Waals surface area contributed by atoms with E-state index < -0.39 is 24.1 Å². The van der Waals surface area contributed by atoms with E-state index in [1.54, 1.807) is 4.90 Å². The first kappa shape index (κ1) is 14.3. The van der Waals surface area contributed by atoms with E-state index in [2.05, 4.69) is 0 Å². The second kappa shape index (κ2) is 4.15. The predicted molar refractivity (Wildman–Crippen MR) is 56.6 cm³/mol. The average molecular weight is 253 g/mol. The summed E-state index contributed by atoms with van der Waals surface area (Å²) in [6.07, 6.45) is -5.05. The molecule has 17 heavy (non-hydrogen) atoms. The zero-order chi connectivity index (χ0) is 13.5. The molecular weight excluding hydrogens is 235 g/mol. The topological polar surface area (TPSA) is 40.5 Å². The molecular formula is C11H18F3NO2. The molecule has 0 aromatic carbocycles. The number of likely N-dealkylation sites (tertiary alicyclic amines) is 1. The normalized spacial score (nSPS) is 27.4. The van der Waals surface area contributed by atoms with Crippen molar-refractivity contribution in [2.75, 3.05) is 19.6 Å². The van der Waals surface area contributed by atoms with Gasteiger partial charge in [0.1, 0.15) is 0 Å². The van der Waals surface area contributed by atoms with Crippen LogP contribution in [0.1, 0.15) is 27.2 Å². The molecule has 1 unspecified atom stereocenters. The Morgan fingerprint density at radius 1 is 1.35 bits per heavy atom. The second-order valence-corrected chi connectivity index (χ2v) is 5.91. The summed E-state index contributed by atoms with van der Waals surface area (Å²) in [5.74, 6) is -1.76. The summed E-state index contributed by atoms with van der Waals surface area (Å²) in [6.45, 7) is 5.97. The molecule has 3 nitrogen and oxygen atoms in total. The van der Waals surface area contributed by atoms with Crippen LogP contribution in [0.4, 0.5) is 13.2 Å². The second-order valence-electron chi connectivity index (χ2n) is 5.91. The van der Waals surface area contributed by atoms with Crippen molar-refractivity contribution < 1.29 is 23.1 Å². The highest BCUT2D eigenvalue weighted by Gasteiger charge is 2.63. The Balaban J connectivity index is 2.84. The number of halogens is 3. The van der Waals surface area contributed by atoms with Gasteiger partial charge < -0.3 is 10.0 Å². The molecule has 0 spiro atoms. The van der Waals surface area contributed by atoms with Gasteiger partial charge in [0.2, 0.25) is 0 Å². The molecule has 0 aromatic heterocycles. The molecule has 0 saturated carbocycles. The molecule has 1 atom stereocenters. The van der Waals surface area contributed by atoms with Crippen molar-refractivity contribution in [3.05, 3.63) is 0 Å². The van der Waals surface area contributed by atoms with Crippen LogP contribution in [0.25, 0.3) is 0 Å². The standard InChI is InChI=1S/C11H18F3NO2/c1-9(2,3)6-15-5-4-10(7-15,8(16)17)11(12,13)14/h4-7H2,1-3H3,(H,16,17). The van der Waals surface area contributed by atoms with Crippen LogP contribution in [-0.4, -0.2) is 41.8 Å². The van der Waals surface area contributed by atoms with Gasteiger partial charge in [-0.2, -0.15) is 13.2 Å². The van der Waals surface area contributed by atoms with E-state index in [1.165, 1.54) is 0 Å².